The summed E-state index contributed by atoms with van der Waals surface area (Å²) in [5, 5.41) is 10.4. The Hall–Kier alpha value is -2.44. The van der Waals surface area contributed by atoms with Crippen LogP contribution in [-0.2, 0) is 13.5 Å². The van der Waals surface area contributed by atoms with Crippen LogP contribution in [0.1, 0.15) is 16.3 Å². The number of aryl methyl sites for hydroxylation is 1. The molecule has 0 saturated heterocycles. The molecule has 0 aliphatic heterocycles. The molecule has 3 N–H and O–H groups in total. The zero-order valence-electron chi connectivity index (χ0n) is 10.00. The van der Waals surface area contributed by atoms with Gasteiger partial charge in [-0.15, -0.1) is 10.2 Å². The zero-order valence-corrected chi connectivity index (χ0v) is 10.00. The van der Waals surface area contributed by atoms with Gasteiger partial charge < -0.3 is 15.6 Å². The smallest absolute Gasteiger partial charge is 0.272 e. The van der Waals surface area contributed by atoms with Crippen molar-refractivity contribution in [2.24, 2.45) is 7.05 Å². The SMILES string of the molecule is Cn1cnnc1CCNC(=O)c1ncccc1N. The molecule has 7 heteroatoms. The lowest BCUT2D eigenvalue weighted by Crippen LogP contribution is -2.27. The van der Waals surface area contributed by atoms with Gasteiger partial charge in [-0.25, -0.2) is 4.98 Å². The van der Waals surface area contributed by atoms with Gasteiger partial charge in [-0.05, 0) is 12.1 Å². The average molecular weight is 246 g/mol. The van der Waals surface area contributed by atoms with E-state index in [4.69, 9.17) is 5.73 Å². The van der Waals surface area contributed by atoms with Crippen molar-refractivity contribution in [2.75, 3.05) is 12.3 Å². The lowest BCUT2D eigenvalue weighted by molar-refractivity contribution is 0.0950. The van der Waals surface area contributed by atoms with Gasteiger partial charge in [-0.1, -0.05) is 0 Å². The number of nitrogens with two attached hydrogens (primary N) is 1. The second-order valence-corrected chi connectivity index (χ2v) is 3.81. The molecule has 0 aliphatic rings. The first-order valence-corrected chi connectivity index (χ1v) is 5.50. The van der Waals surface area contributed by atoms with Gasteiger partial charge in [0.15, 0.2) is 5.69 Å². The monoisotopic (exact) mass is 246 g/mol. The Balaban J connectivity index is 1.90. The molecule has 0 bridgehead atoms. The third-order valence-corrected chi connectivity index (χ3v) is 2.49. The maximum Gasteiger partial charge on any atom is 0.272 e. The summed E-state index contributed by atoms with van der Waals surface area (Å²) in [6.07, 6.45) is 3.76. The standard InChI is InChI=1S/C11H14N6O/c1-17-7-15-16-9(17)4-6-14-11(18)10-8(12)3-2-5-13-10/h2-3,5,7H,4,6,12H2,1H3,(H,14,18). The van der Waals surface area contributed by atoms with Gasteiger partial charge in [0, 0.05) is 26.2 Å². The number of aromatic nitrogens is 4. The van der Waals surface area contributed by atoms with Crippen LogP contribution in [0.15, 0.2) is 24.7 Å². The lowest BCUT2D eigenvalue weighted by Gasteiger charge is -2.05. The Morgan fingerprint density at radius 2 is 2.39 bits per heavy atom. The average Bonchev–Trinajstić information content (AvgIpc) is 2.75. The number of nitrogen functional groups attached to an aromatic ring is 1. The van der Waals surface area contributed by atoms with Crippen molar-refractivity contribution in [3.05, 3.63) is 36.2 Å². The molecule has 0 spiro atoms. The number of amides is 1. The summed E-state index contributed by atoms with van der Waals surface area (Å²) in [7, 11) is 1.86. The van der Waals surface area contributed by atoms with Crippen molar-refractivity contribution >= 4 is 11.6 Å². The van der Waals surface area contributed by atoms with E-state index in [1.165, 1.54) is 6.20 Å². The van der Waals surface area contributed by atoms with Crippen LogP contribution in [0.3, 0.4) is 0 Å². The molecule has 0 radical (unpaired) electrons. The number of hydrogen-bond acceptors (Lipinski definition) is 5. The Morgan fingerprint density at radius 1 is 1.56 bits per heavy atom. The fourth-order valence-corrected chi connectivity index (χ4v) is 1.51. The Kier molecular flexibility index (Phi) is 3.52. The molecule has 0 unspecified atom stereocenters. The van der Waals surface area contributed by atoms with E-state index in [2.05, 4.69) is 20.5 Å². The van der Waals surface area contributed by atoms with Crippen LogP contribution in [0, 0.1) is 0 Å². The van der Waals surface area contributed by atoms with Gasteiger partial charge >= 0.3 is 0 Å². The number of rotatable bonds is 4. The molecule has 0 fully saturated rings. The molecule has 2 rings (SSSR count). The molecule has 0 aliphatic carbocycles. The second kappa shape index (κ2) is 5.26. The van der Waals surface area contributed by atoms with E-state index >= 15 is 0 Å². The Bertz CT molecular complexity index is 550. The molecule has 18 heavy (non-hydrogen) atoms. The quantitative estimate of drug-likeness (QED) is 0.776. The van der Waals surface area contributed by atoms with Gasteiger partial charge in [0.2, 0.25) is 0 Å². The van der Waals surface area contributed by atoms with Gasteiger partial charge in [0.05, 0.1) is 5.69 Å². The zero-order chi connectivity index (χ0) is 13.0. The van der Waals surface area contributed by atoms with Gasteiger partial charge in [0.25, 0.3) is 5.91 Å². The highest BCUT2D eigenvalue weighted by molar-refractivity contribution is 5.96. The minimum atomic E-state index is -0.282. The van der Waals surface area contributed by atoms with Crippen LogP contribution in [0.4, 0.5) is 5.69 Å². The summed E-state index contributed by atoms with van der Waals surface area (Å²) >= 11 is 0. The van der Waals surface area contributed by atoms with Crippen molar-refractivity contribution in [3.63, 3.8) is 0 Å². The molecule has 94 valence electrons. The largest absolute Gasteiger partial charge is 0.397 e. The summed E-state index contributed by atoms with van der Waals surface area (Å²) in [5.41, 5.74) is 6.28. The van der Waals surface area contributed by atoms with Crippen LogP contribution >= 0.6 is 0 Å². The molecule has 0 aromatic carbocycles. The molecular formula is C11H14N6O. The molecule has 0 saturated carbocycles. The number of nitrogens with one attached hydrogen (secondary N) is 1. The highest BCUT2D eigenvalue weighted by Gasteiger charge is 2.10. The first-order chi connectivity index (χ1) is 8.68. The van der Waals surface area contributed by atoms with Crippen LogP contribution in [0.5, 0.6) is 0 Å². The number of nitrogens with zero attached hydrogens (tertiary/aromatic N) is 4. The number of carbonyl (C=O) groups excluding carboxylic acids is 1. The van der Waals surface area contributed by atoms with E-state index in [9.17, 15) is 4.79 Å². The predicted molar refractivity (Wildman–Crippen MR) is 65.7 cm³/mol. The molecule has 2 aromatic rings. The van der Waals surface area contributed by atoms with Crippen LogP contribution < -0.4 is 11.1 Å². The van der Waals surface area contributed by atoms with Crippen molar-refractivity contribution in [3.8, 4) is 0 Å². The molecular weight excluding hydrogens is 232 g/mol. The fourth-order valence-electron chi connectivity index (χ4n) is 1.51. The van der Waals surface area contributed by atoms with Crippen LogP contribution in [0.25, 0.3) is 0 Å². The Labute approximate surface area is 104 Å². The van der Waals surface area contributed by atoms with Gasteiger partial charge in [-0.2, -0.15) is 0 Å². The van der Waals surface area contributed by atoms with E-state index in [0.717, 1.165) is 5.82 Å². The molecule has 1 amide bonds. The van der Waals surface area contributed by atoms with E-state index in [1.807, 2.05) is 7.05 Å². The van der Waals surface area contributed by atoms with E-state index in [0.29, 0.717) is 18.7 Å². The maximum absolute atomic E-state index is 11.8. The summed E-state index contributed by atoms with van der Waals surface area (Å²) in [6.45, 7) is 0.460. The van der Waals surface area contributed by atoms with Crippen molar-refractivity contribution in [2.45, 2.75) is 6.42 Å². The van der Waals surface area contributed by atoms with Crippen LogP contribution in [0.2, 0.25) is 0 Å². The minimum Gasteiger partial charge on any atom is -0.397 e. The van der Waals surface area contributed by atoms with E-state index < -0.39 is 0 Å². The highest BCUT2D eigenvalue weighted by atomic mass is 16.1. The van der Waals surface area contributed by atoms with E-state index in [-0.39, 0.29) is 11.6 Å². The van der Waals surface area contributed by atoms with Gasteiger partial charge in [0.1, 0.15) is 12.2 Å². The van der Waals surface area contributed by atoms with Gasteiger partial charge in [-0.3, -0.25) is 4.79 Å². The molecule has 2 heterocycles. The first kappa shape index (κ1) is 12.0. The number of pyridine rings is 1. The summed E-state index contributed by atoms with van der Waals surface area (Å²) in [4.78, 5) is 15.7. The van der Waals surface area contributed by atoms with Crippen molar-refractivity contribution in [1.29, 1.82) is 0 Å². The number of carbonyl (C=O) groups is 1. The van der Waals surface area contributed by atoms with Crippen LogP contribution in [-0.4, -0.2) is 32.2 Å². The number of hydrogen-bond donors (Lipinski definition) is 2. The maximum atomic E-state index is 11.8. The van der Waals surface area contributed by atoms with Crippen molar-refractivity contribution in [1.82, 2.24) is 25.1 Å². The normalized spacial score (nSPS) is 10.3. The fraction of sp³-hybridized carbons (Fsp3) is 0.273. The second-order valence-electron chi connectivity index (χ2n) is 3.81. The minimum absolute atomic E-state index is 0.246. The van der Waals surface area contributed by atoms with Crippen molar-refractivity contribution < 1.29 is 4.79 Å². The first-order valence-electron chi connectivity index (χ1n) is 5.50. The molecule has 2 aromatic heterocycles. The highest BCUT2D eigenvalue weighted by Crippen LogP contribution is 2.06. The predicted octanol–water partition coefficient (Wildman–Crippen LogP) is -0.235. The number of anilines is 1. The molecule has 7 nitrogen and oxygen atoms in total. The van der Waals surface area contributed by atoms with E-state index in [1.54, 1.807) is 23.0 Å². The topological polar surface area (TPSA) is 98.7 Å². The summed E-state index contributed by atoms with van der Waals surface area (Å²) in [6, 6.07) is 3.33. The summed E-state index contributed by atoms with van der Waals surface area (Å²) in [5.74, 6) is 0.527. The lowest BCUT2D eigenvalue weighted by atomic mass is 10.3. The summed E-state index contributed by atoms with van der Waals surface area (Å²) < 4.78 is 1.81. The molecule has 0 atom stereocenters. The third kappa shape index (κ3) is 2.62. The Morgan fingerprint density at radius 3 is 3.06 bits per heavy atom. The third-order valence-electron chi connectivity index (χ3n) is 2.49.